The van der Waals surface area contributed by atoms with Crippen LogP contribution < -0.4 is 4.90 Å². The maximum Gasteiger partial charge on any atom is 0.240 e. The van der Waals surface area contributed by atoms with E-state index in [4.69, 9.17) is 4.74 Å². The normalized spacial score (nSPS) is 17.9. The summed E-state index contributed by atoms with van der Waals surface area (Å²) >= 11 is 1.49. The van der Waals surface area contributed by atoms with Gasteiger partial charge in [0.05, 0.1) is 11.9 Å². The third kappa shape index (κ3) is 3.56. The van der Waals surface area contributed by atoms with Gasteiger partial charge in [-0.3, -0.25) is 4.79 Å². The number of methoxy groups -OCH3 is 1. The van der Waals surface area contributed by atoms with Crippen molar-refractivity contribution in [2.24, 2.45) is 0 Å². The van der Waals surface area contributed by atoms with Crippen LogP contribution in [0, 0.1) is 6.92 Å². The van der Waals surface area contributed by atoms with Crippen molar-refractivity contribution in [1.82, 2.24) is 14.8 Å². The van der Waals surface area contributed by atoms with Crippen LogP contribution in [0.4, 0.5) is 5.69 Å². The van der Waals surface area contributed by atoms with Gasteiger partial charge < -0.3 is 14.2 Å². The van der Waals surface area contributed by atoms with E-state index in [2.05, 4.69) is 10.2 Å². The highest BCUT2D eigenvalue weighted by Gasteiger charge is 2.34. The second kappa shape index (κ2) is 7.14. The van der Waals surface area contributed by atoms with Gasteiger partial charge in [0, 0.05) is 25.9 Å². The van der Waals surface area contributed by atoms with Crippen LogP contribution in [0.2, 0.25) is 0 Å². The maximum atomic E-state index is 12.7. The summed E-state index contributed by atoms with van der Waals surface area (Å²) < 4.78 is 7.01. The first-order valence-electron chi connectivity index (χ1n) is 7.60. The molecule has 1 aliphatic rings. The van der Waals surface area contributed by atoms with Crippen LogP contribution in [0.5, 0.6) is 0 Å². The van der Waals surface area contributed by atoms with Crippen LogP contribution in [0.1, 0.15) is 12.0 Å². The van der Waals surface area contributed by atoms with Gasteiger partial charge in [0.1, 0.15) is 6.33 Å². The molecule has 1 aromatic heterocycles. The lowest BCUT2D eigenvalue weighted by molar-refractivity contribution is -0.116. The number of aromatic nitrogens is 3. The summed E-state index contributed by atoms with van der Waals surface area (Å²) in [7, 11) is 1.66. The van der Waals surface area contributed by atoms with Crippen LogP contribution in [-0.4, -0.2) is 46.2 Å². The molecule has 2 aromatic rings. The monoisotopic (exact) mass is 332 g/mol. The van der Waals surface area contributed by atoms with Gasteiger partial charge in [-0.2, -0.15) is 0 Å². The quantitative estimate of drug-likeness (QED) is 0.811. The van der Waals surface area contributed by atoms with Gasteiger partial charge in [0.25, 0.3) is 0 Å². The van der Waals surface area contributed by atoms with Crippen LogP contribution in [0.15, 0.2) is 35.7 Å². The molecule has 0 saturated carbocycles. The molecule has 1 unspecified atom stereocenters. The largest absolute Gasteiger partial charge is 0.383 e. The minimum Gasteiger partial charge on any atom is -0.383 e. The predicted molar refractivity (Wildman–Crippen MR) is 89.7 cm³/mol. The first-order chi connectivity index (χ1) is 11.2. The number of anilines is 1. The lowest BCUT2D eigenvalue weighted by Gasteiger charge is -2.17. The molecule has 1 atom stereocenters. The van der Waals surface area contributed by atoms with Crippen LogP contribution in [0.25, 0.3) is 0 Å². The van der Waals surface area contributed by atoms with Crippen molar-refractivity contribution in [1.29, 1.82) is 0 Å². The Morgan fingerprint density at radius 1 is 1.35 bits per heavy atom. The molecule has 122 valence electrons. The van der Waals surface area contributed by atoms with Gasteiger partial charge in [-0.1, -0.05) is 29.5 Å². The zero-order chi connectivity index (χ0) is 16.2. The first-order valence-corrected chi connectivity index (χ1v) is 8.48. The predicted octanol–water partition coefficient (Wildman–Crippen LogP) is 2.13. The number of rotatable bonds is 6. The molecule has 1 aliphatic heterocycles. The zero-order valence-corrected chi connectivity index (χ0v) is 14.1. The van der Waals surface area contributed by atoms with Gasteiger partial charge in [0.15, 0.2) is 5.16 Å². The van der Waals surface area contributed by atoms with Crippen molar-refractivity contribution >= 4 is 23.4 Å². The molecule has 7 heteroatoms. The van der Waals surface area contributed by atoms with Crippen LogP contribution in [-0.2, 0) is 16.1 Å². The molecule has 1 fully saturated rings. The summed E-state index contributed by atoms with van der Waals surface area (Å²) in [6.45, 7) is 4.07. The van der Waals surface area contributed by atoms with Gasteiger partial charge in [-0.25, -0.2) is 0 Å². The number of ether oxygens (including phenoxy) is 1. The van der Waals surface area contributed by atoms with Crippen LogP contribution >= 0.6 is 11.8 Å². The highest BCUT2D eigenvalue weighted by Crippen LogP contribution is 2.32. The Bertz CT molecular complexity index is 671. The Hall–Kier alpha value is -1.86. The number of hydrogen-bond acceptors (Lipinski definition) is 5. The number of hydrogen-bond donors (Lipinski definition) is 0. The summed E-state index contributed by atoms with van der Waals surface area (Å²) in [4.78, 5) is 14.5. The van der Waals surface area contributed by atoms with Crippen molar-refractivity contribution in [3.8, 4) is 0 Å². The molecule has 3 rings (SSSR count). The molecule has 23 heavy (non-hydrogen) atoms. The summed E-state index contributed by atoms with van der Waals surface area (Å²) in [6.07, 6.45) is 2.49. The molecular formula is C16H20N4O2S. The topological polar surface area (TPSA) is 60.2 Å². The fourth-order valence-corrected chi connectivity index (χ4v) is 3.62. The van der Waals surface area contributed by atoms with E-state index in [0.29, 0.717) is 13.2 Å². The van der Waals surface area contributed by atoms with E-state index in [0.717, 1.165) is 23.8 Å². The van der Waals surface area contributed by atoms with Crippen molar-refractivity contribution < 1.29 is 9.53 Å². The second-order valence-electron chi connectivity index (χ2n) is 5.52. The minimum absolute atomic E-state index is 0.109. The van der Waals surface area contributed by atoms with Gasteiger partial charge in [-0.05, 0) is 25.5 Å². The number of amides is 1. The number of aryl methyl sites for hydroxylation is 1. The van der Waals surface area contributed by atoms with E-state index in [1.165, 1.54) is 17.3 Å². The summed E-state index contributed by atoms with van der Waals surface area (Å²) in [5, 5.41) is 8.73. The SMILES string of the molecule is COCCn1cnnc1SC1CCN(c2ccc(C)cc2)C1=O. The van der Waals surface area contributed by atoms with Crippen molar-refractivity contribution in [3.63, 3.8) is 0 Å². The van der Waals surface area contributed by atoms with Gasteiger partial charge in [0.2, 0.25) is 5.91 Å². The van der Waals surface area contributed by atoms with Crippen LogP contribution in [0.3, 0.4) is 0 Å². The fourth-order valence-electron chi connectivity index (χ4n) is 2.55. The number of nitrogens with zero attached hydrogens (tertiary/aromatic N) is 4. The van der Waals surface area contributed by atoms with E-state index in [9.17, 15) is 4.79 Å². The van der Waals surface area contributed by atoms with E-state index in [1.807, 2.05) is 40.7 Å². The molecule has 0 spiro atoms. The average molecular weight is 332 g/mol. The Labute approximate surface area is 139 Å². The maximum absolute atomic E-state index is 12.7. The molecule has 2 heterocycles. The number of carbonyl (C=O) groups is 1. The molecule has 1 saturated heterocycles. The molecule has 1 amide bonds. The third-order valence-electron chi connectivity index (χ3n) is 3.87. The number of thioether (sulfide) groups is 1. The second-order valence-corrected chi connectivity index (χ2v) is 6.69. The fraction of sp³-hybridized carbons (Fsp3) is 0.438. The van der Waals surface area contributed by atoms with E-state index < -0.39 is 0 Å². The Morgan fingerprint density at radius 2 is 2.13 bits per heavy atom. The lowest BCUT2D eigenvalue weighted by Crippen LogP contribution is -2.28. The Balaban J connectivity index is 1.67. The highest BCUT2D eigenvalue weighted by molar-refractivity contribution is 8.00. The molecule has 0 radical (unpaired) electrons. The van der Waals surface area contributed by atoms with E-state index in [1.54, 1.807) is 13.4 Å². The average Bonchev–Trinajstić information content (AvgIpc) is 3.14. The van der Waals surface area contributed by atoms with E-state index in [-0.39, 0.29) is 11.2 Å². The van der Waals surface area contributed by atoms with Crippen molar-refractivity contribution in [2.75, 3.05) is 25.2 Å². The standard InChI is InChI=1S/C16H20N4O2S/c1-12-3-5-13(6-4-12)20-8-7-14(15(20)21)23-16-18-17-11-19(16)9-10-22-2/h3-6,11,14H,7-10H2,1-2H3. The molecule has 0 N–H and O–H groups in total. The zero-order valence-electron chi connectivity index (χ0n) is 13.3. The molecule has 1 aromatic carbocycles. The Kier molecular flexibility index (Phi) is 4.97. The number of carbonyl (C=O) groups excluding carboxylic acids is 1. The van der Waals surface area contributed by atoms with E-state index >= 15 is 0 Å². The van der Waals surface area contributed by atoms with Crippen molar-refractivity contribution in [3.05, 3.63) is 36.2 Å². The first kappa shape index (κ1) is 16.0. The highest BCUT2D eigenvalue weighted by atomic mass is 32.2. The smallest absolute Gasteiger partial charge is 0.240 e. The molecule has 0 bridgehead atoms. The number of benzene rings is 1. The summed E-state index contributed by atoms with van der Waals surface area (Å²) in [6, 6.07) is 8.07. The summed E-state index contributed by atoms with van der Waals surface area (Å²) in [5.74, 6) is 0.139. The van der Waals surface area contributed by atoms with Gasteiger partial charge in [-0.15, -0.1) is 10.2 Å². The third-order valence-corrected chi connectivity index (χ3v) is 5.11. The molecule has 6 nitrogen and oxygen atoms in total. The minimum atomic E-state index is -0.109. The van der Waals surface area contributed by atoms with Gasteiger partial charge >= 0.3 is 0 Å². The van der Waals surface area contributed by atoms with Crippen molar-refractivity contribution in [2.45, 2.75) is 30.3 Å². The lowest BCUT2D eigenvalue weighted by atomic mass is 10.2. The molecular weight excluding hydrogens is 312 g/mol. The summed E-state index contributed by atoms with van der Waals surface area (Å²) in [5.41, 5.74) is 2.15. The Morgan fingerprint density at radius 3 is 2.87 bits per heavy atom. The molecule has 0 aliphatic carbocycles.